The molecule has 0 amide bonds. The molecule has 0 unspecified atom stereocenters. The van der Waals surface area contributed by atoms with Gasteiger partial charge in [-0.15, -0.1) is 0 Å². The fraction of sp³-hybridized carbons (Fsp3) is 0.182. The minimum Gasteiger partial charge on any atom is -0.381 e. The largest absolute Gasteiger partial charge is 0.381 e. The fourth-order valence-corrected chi connectivity index (χ4v) is 2.97. The Hall–Kier alpha value is -1.09. The molecule has 3 N–H and O–H groups in total. The van der Waals surface area contributed by atoms with Crippen LogP contribution in [0.25, 0.3) is 11.3 Å². The zero-order chi connectivity index (χ0) is 13.3. The fourth-order valence-electron chi connectivity index (χ4n) is 1.53. The van der Waals surface area contributed by atoms with E-state index in [0.29, 0.717) is 10.7 Å². The van der Waals surface area contributed by atoms with Crippen LogP contribution in [0.1, 0.15) is 6.92 Å². The van der Waals surface area contributed by atoms with E-state index in [0.717, 1.165) is 14.8 Å². The normalized spacial score (nSPS) is 11.7. The maximum atomic E-state index is 11.7. The number of rotatable bonds is 3. The van der Waals surface area contributed by atoms with E-state index in [9.17, 15) is 8.42 Å². The molecule has 1 aromatic heterocycles. The Morgan fingerprint density at radius 1 is 1.33 bits per heavy atom. The number of sulfone groups is 1. The highest BCUT2D eigenvalue weighted by Gasteiger charge is 2.13. The van der Waals surface area contributed by atoms with Crippen LogP contribution < -0.4 is 5.73 Å². The van der Waals surface area contributed by atoms with E-state index in [-0.39, 0.29) is 5.75 Å². The van der Waals surface area contributed by atoms with Gasteiger partial charge in [-0.3, -0.25) is 5.10 Å². The van der Waals surface area contributed by atoms with Crippen molar-refractivity contribution >= 4 is 38.2 Å². The van der Waals surface area contributed by atoms with Gasteiger partial charge in [0.1, 0.15) is 0 Å². The summed E-state index contributed by atoms with van der Waals surface area (Å²) in [5.41, 5.74) is 7.31. The first-order valence-electron chi connectivity index (χ1n) is 5.28. The topological polar surface area (TPSA) is 88.8 Å². The highest BCUT2D eigenvalue weighted by Crippen LogP contribution is 2.27. The predicted molar refractivity (Wildman–Crippen MR) is 78.9 cm³/mol. The van der Waals surface area contributed by atoms with Crippen molar-refractivity contribution in [3.63, 3.8) is 0 Å². The number of aromatic amines is 1. The molecule has 7 heteroatoms. The van der Waals surface area contributed by atoms with Crippen molar-refractivity contribution in [2.24, 2.45) is 0 Å². The number of anilines is 1. The Kier molecular flexibility index (Phi) is 3.62. The first-order valence-corrected chi connectivity index (χ1v) is 8.01. The summed E-state index contributed by atoms with van der Waals surface area (Å²) in [7, 11) is -3.15. The molecule has 2 rings (SSSR count). The smallest absolute Gasteiger partial charge is 0.178 e. The van der Waals surface area contributed by atoms with E-state index in [2.05, 4.69) is 32.8 Å². The summed E-state index contributed by atoms with van der Waals surface area (Å²) in [6.45, 7) is 1.63. The van der Waals surface area contributed by atoms with Gasteiger partial charge in [-0.05, 0) is 34.7 Å². The molecule has 0 fully saturated rings. The second-order valence-electron chi connectivity index (χ2n) is 3.73. The van der Waals surface area contributed by atoms with Gasteiger partial charge < -0.3 is 5.73 Å². The zero-order valence-corrected chi connectivity index (χ0v) is 12.6. The SMILES string of the molecule is CCS(=O)(=O)c1ccc(-c2[nH]nc(N)c2I)cc1. The van der Waals surface area contributed by atoms with Crippen LogP contribution in [-0.4, -0.2) is 24.4 Å². The molecule has 1 heterocycles. The van der Waals surface area contributed by atoms with Gasteiger partial charge in [-0.2, -0.15) is 5.10 Å². The molecule has 0 saturated heterocycles. The van der Waals surface area contributed by atoms with Gasteiger partial charge in [-0.1, -0.05) is 19.1 Å². The van der Waals surface area contributed by atoms with Crippen molar-refractivity contribution in [2.75, 3.05) is 11.5 Å². The molecular formula is C11H12IN3O2S. The molecule has 0 aliphatic rings. The summed E-state index contributed by atoms with van der Waals surface area (Å²) in [6.07, 6.45) is 0. The van der Waals surface area contributed by atoms with Gasteiger partial charge in [-0.25, -0.2) is 8.42 Å². The van der Waals surface area contributed by atoms with Gasteiger partial charge in [0.15, 0.2) is 15.7 Å². The molecule has 0 atom stereocenters. The number of aromatic nitrogens is 2. The molecule has 0 radical (unpaired) electrons. The Balaban J connectivity index is 2.43. The van der Waals surface area contributed by atoms with Crippen LogP contribution in [0, 0.1) is 3.57 Å². The van der Waals surface area contributed by atoms with E-state index in [4.69, 9.17) is 5.73 Å². The minimum atomic E-state index is -3.15. The molecule has 18 heavy (non-hydrogen) atoms. The van der Waals surface area contributed by atoms with Crippen molar-refractivity contribution in [1.82, 2.24) is 10.2 Å². The van der Waals surface area contributed by atoms with E-state index < -0.39 is 9.84 Å². The van der Waals surface area contributed by atoms with Crippen LogP contribution >= 0.6 is 22.6 Å². The maximum Gasteiger partial charge on any atom is 0.178 e. The van der Waals surface area contributed by atoms with Crippen molar-refractivity contribution in [2.45, 2.75) is 11.8 Å². The summed E-state index contributed by atoms with van der Waals surface area (Å²) in [6, 6.07) is 6.69. The first-order chi connectivity index (χ1) is 8.45. The van der Waals surface area contributed by atoms with Gasteiger partial charge in [0.05, 0.1) is 19.9 Å². The van der Waals surface area contributed by atoms with Crippen LogP contribution in [0.5, 0.6) is 0 Å². The zero-order valence-electron chi connectivity index (χ0n) is 9.64. The quantitative estimate of drug-likeness (QED) is 0.802. The molecule has 0 aliphatic heterocycles. The first kappa shape index (κ1) is 13.3. The number of nitrogens with zero attached hydrogens (tertiary/aromatic N) is 1. The second-order valence-corrected chi connectivity index (χ2v) is 7.08. The lowest BCUT2D eigenvalue weighted by molar-refractivity contribution is 0.597. The number of nitrogens with two attached hydrogens (primary N) is 1. The average molecular weight is 377 g/mol. The van der Waals surface area contributed by atoms with E-state index in [1.165, 1.54) is 0 Å². The van der Waals surface area contributed by atoms with E-state index in [1.807, 2.05) is 0 Å². The summed E-state index contributed by atoms with van der Waals surface area (Å²) in [5, 5.41) is 6.74. The molecule has 0 bridgehead atoms. The lowest BCUT2D eigenvalue weighted by atomic mass is 10.1. The molecule has 5 nitrogen and oxygen atoms in total. The Morgan fingerprint density at radius 3 is 2.39 bits per heavy atom. The van der Waals surface area contributed by atoms with Gasteiger partial charge in [0.25, 0.3) is 0 Å². The van der Waals surface area contributed by atoms with Crippen LogP contribution in [0.15, 0.2) is 29.2 Å². The minimum absolute atomic E-state index is 0.0981. The van der Waals surface area contributed by atoms with Crippen LogP contribution in [-0.2, 0) is 9.84 Å². The Morgan fingerprint density at radius 2 is 1.94 bits per heavy atom. The molecule has 0 saturated carbocycles. The molecule has 2 aromatic rings. The number of H-pyrrole nitrogens is 1. The lowest BCUT2D eigenvalue weighted by Crippen LogP contribution is -2.03. The number of halogens is 1. The van der Waals surface area contributed by atoms with Gasteiger partial charge in [0, 0.05) is 5.56 Å². The number of hydrogen-bond acceptors (Lipinski definition) is 4. The second kappa shape index (κ2) is 4.88. The Labute approximate surface area is 119 Å². The van der Waals surface area contributed by atoms with Gasteiger partial charge >= 0.3 is 0 Å². The standard InChI is InChI=1S/C11H12IN3O2S/c1-2-18(16,17)8-5-3-7(4-6-8)10-9(12)11(13)15-14-10/h3-6H,2H2,1H3,(H3,13,14,15). The van der Waals surface area contributed by atoms with Crippen molar-refractivity contribution in [1.29, 1.82) is 0 Å². The third-order valence-electron chi connectivity index (χ3n) is 2.61. The van der Waals surface area contributed by atoms with Crippen molar-refractivity contribution in [3.05, 3.63) is 27.8 Å². The van der Waals surface area contributed by atoms with Crippen molar-refractivity contribution in [3.8, 4) is 11.3 Å². The highest BCUT2D eigenvalue weighted by atomic mass is 127. The van der Waals surface area contributed by atoms with Crippen LogP contribution in [0.3, 0.4) is 0 Å². The maximum absolute atomic E-state index is 11.7. The summed E-state index contributed by atoms with van der Waals surface area (Å²) in [4.78, 5) is 0.330. The molecule has 1 aromatic carbocycles. The lowest BCUT2D eigenvalue weighted by Gasteiger charge is -2.03. The number of nitrogens with one attached hydrogen (secondary N) is 1. The monoisotopic (exact) mass is 377 g/mol. The average Bonchev–Trinajstić information content (AvgIpc) is 2.70. The number of benzene rings is 1. The number of nitrogen functional groups attached to an aromatic ring is 1. The third-order valence-corrected chi connectivity index (χ3v) is 5.46. The summed E-state index contributed by atoms with van der Waals surface area (Å²) >= 11 is 2.10. The Bertz CT molecular complexity index is 662. The summed E-state index contributed by atoms with van der Waals surface area (Å²) in [5.74, 6) is 0.539. The predicted octanol–water partition coefficient (Wildman–Crippen LogP) is 2.06. The van der Waals surface area contributed by atoms with Crippen LogP contribution in [0.4, 0.5) is 5.82 Å². The molecule has 0 aliphatic carbocycles. The summed E-state index contributed by atoms with van der Waals surface area (Å²) < 4.78 is 24.2. The van der Waals surface area contributed by atoms with E-state index >= 15 is 0 Å². The highest BCUT2D eigenvalue weighted by molar-refractivity contribution is 14.1. The van der Waals surface area contributed by atoms with Crippen molar-refractivity contribution < 1.29 is 8.42 Å². The van der Waals surface area contributed by atoms with Gasteiger partial charge in [0.2, 0.25) is 0 Å². The van der Waals surface area contributed by atoms with Crippen LogP contribution in [0.2, 0.25) is 0 Å². The molecule has 0 spiro atoms. The number of hydrogen-bond donors (Lipinski definition) is 2. The molecular weight excluding hydrogens is 365 g/mol. The van der Waals surface area contributed by atoms with E-state index in [1.54, 1.807) is 31.2 Å². The molecule has 96 valence electrons. The third kappa shape index (κ3) is 2.37.